The number of nitrogens with zero attached hydrogens (tertiary/aromatic N) is 2. The van der Waals surface area contributed by atoms with Crippen LogP contribution in [0.2, 0.25) is 0 Å². The molecule has 1 fully saturated rings. The monoisotopic (exact) mass is 287 g/mol. The molecule has 2 heterocycles. The largest absolute Gasteiger partial charge is 0.383 e. The number of aryl methyl sites for hydroxylation is 1. The van der Waals surface area contributed by atoms with Crippen LogP contribution in [0.4, 0.5) is 11.6 Å². The van der Waals surface area contributed by atoms with Crippen molar-refractivity contribution in [3.8, 4) is 0 Å². The van der Waals surface area contributed by atoms with Crippen molar-refractivity contribution in [1.82, 2.24) is 15.1 Å². The summed E-state index contributed by atoms with van der Waals surface area (Å²) in [6.07, 6.45) is 3.05. The highest BCUT2D eigenvalue weighted by Crippen LogP contribution is 2.28. The number of nitrogens with one attached hydrogen (secondary N) is 2. The average molecular weight is 287 g/mol. The van der Waals surface area contributed by atoms with Gasteiger partial charge in [-0.1, -0.05) is 0 Å². The van der Waals surface area contributed by atoms with E-state index in [0.717, 1.165) is 32.2 Å². The standard InChI is InChI=1S/C11H21N5O2S/c1-3-16-10(12)9(19(2,17)18)11(15-16)14-8-4-6-13-7-5-8/h8,13H,3-7,12H2,1-2H3,(H,14,15). The van der Waals surface area contributed by atoms with Crippen molar-refractivity contribution in [1.29, 1.82) is 0 Å². The molecule has 1 aliphatic heterocycles. The molecule has 0 saturated carbocycles. The van der Waals surface area contributed by atoms with Crippen molar-refractivity contribution in [2.45, 2.75) is 37.2 Å². The molecule has 0 bridgehead atoms. The van der Waals surface area contributed by atoms with Gasteiger partial charge in [0.25, 0.3) is 0 Å². The predicted molar refractivity (Wildman–Crippen MR) is 74.9 cm³/mol. The lowest BCUT2D eigenvalue weighted by Crippen LogP contribution is -2.35. The second kappa shape index (κ2) is 5.38. The number of piperidine rings is 1. The highest BCUT2D eigenvalue weighted by Gasteiger charge is 2.25. The van der Waals surface area contributed by atoms with E-state index in [4.69, 9.17) is 5.73 Å². The zero-order valence-corrected chi connectivity index (χ0v) is 12.1. The van der Waals surface area contributed by atoms with Gasteiger partial charge >= 0.3 is 0 Å². The Kier molecular flexibility index (Phi) is 4.00. The van der Waals surface area contributed by atoms with E-state index in [1.165, 1.54) is 4.68 Å². The molecule has 19 heavy (non-hydrogen) atoms. The first kappa shape index (κ1) is 14.1. The quantitative estimate of drug-likeness (QED) is 0.723. The third-order valence-corrected chi connectivity index (χ3v) is 4.44. The fourth-order valence-electron chi connectivity index (χ4n) is 2.32. The van der Waals surface area contributed by atoms with E-state index in [1.807, 2.05) is 6.92 Å². The van der Waals surface area contributed by atoms with Crippen LogP contribution in [0.25, 0.3) is 0 Å². The van der Waals surface area contributed by atoms with E-state index in [0.29, 0.717) is 12.4 Å². The van der Waals surface area contributed by atoms with Gasteiger partial charge in [0, 0.05) is 18.8 Å². The van der Waals surface area contributed by atoms with Crippen molar-refractivity contribution in [2.75, 3.05) is 30.4 Å². The number of nitrogen functional groups attached to an aromatic ring is 1. The Hall–Kier alpha value is -1.28. The highest BCUT2D eigenvalue weighted by molar-refractivity contribution is 7.91. The molecule has 0 amide bonds. The number of sulfone groups is 1. The van der Waals surface area contributed by atoms with Crippen LogP contribution in [-0.2, 0) is 16.4 Å². The molecule has 1 aliphatic rings. The normalized spacial score (nSPS) is 17.6. The molecule has 4 N–H and O–H groups in total. The summed E-state index contributed by atoms with van der Waals surface area (Å²) in [5.41, 5.74) is 5.87. The number of aromatic nitrogens is 2. The van der Waals surface area contributed by atoms with Crippen LogP contribution in [0, 0.1) is 0 Å². The maximum Gasteiger partial charge on any atom is 0.182 e. The second-order valence-corrected chi connectivity index (χ2v) is 6.77. The Labute approximate surface area is 113 Å². The lowest BCUT2D eigenvalue weighted by Gasteiger charge is -2.23. The SMILES string of the molecule is CCn1nc(NC2CCNCC2)c(S(C)(=O)=O)c1N. The molecular formula is C11H21N5O2S. The van der Waals surface area contributed by atoms with Crippen LogP contribution in [-0.4, -0.2) is 43.6 Å². The van der Waals surface area contributed by atoms with Gasteiger partial charge in [0.1, 0.15) is 5.82 Å². The van der Waals surface area contributed by atoms with Crippen LogP contribution in [0.5, 0.6) is 0 Å². The zero-order chi connectivity index (χ0) is 14.0. The van der Waals surface area contributed by atoms with E-state index in [1.54, 1.807) is 0 Å². The van der Waals surface area contributed by atoms with Gasteiger partial charge in [-0.3, -0.25) is 0 Å². The zero-order valence-electron chi connectivity index (χ0n) is 11.3. The number of anilines is 2. The third-order valence-electron chi connectivity index (χ3n) is 3.30. The van der Waals surface area contributed by atoms with E-state index >= 15 is 0 Å². The molecule has 0 aliphatic carbocycles. The molecule has 7 nitrogen and oxygen atoms in total. The Balaban J connectivity index is 2.33. The lowest BCUT2D eigenvalue weighted by atomic mass is 10.1. The fraction of sp³-hybridized carbons (Fsp3) is 0.727. The summed E-state index contributed by atoms with van der Waals surface area (Å²) >= 11 is 0. The van der Waals surface area contributed by atoms with Crippen molar-refractivity contribution in [2.24, 2.45) is 0 Å². The van der Waals surface area contributed by atoms with Gasteiger partial charge in [0.05, 0.1) is 0 Å². The molecule has 0 radical (unpaired) electrons. The van der Waals surface area contributed by atoms with E-state index in [2.05, 4.69) is 15.7 Å². The number of nitrogens with two attached hydrogens (primary N) is 1. The number of hydrogen-bond donors (Lipinski definition) is 3. The Bertz CT molecular complexity index is 546. The summed E-state index contributed by atoms with van der Waals surface area (Å²) in [5, 5.41) is 10.8. The van der Waals surface area contributed by atoms with Gasteiger partial charge in [-0.25, -0.2) is 13.1 Å². The Morgan fingerprint density at radius 3 is 2.63 bits per heavy atom. The molecule has 0 aromatic carbocycles. The minimum absolute atomic E-state index is 0.118. The molecule has 8 heteroatoms. The topological polar surface area (TPSA) is 102 Å². The molecular weight excluding hydrogens is 266 g/mol. The van der Waals surface area contributed by atoms with Gasteiger partial charge in [0.15, 0.2) is 20.6 Å². The first-order valence-electron chi connectivity index (χ1n) is 6.47. The molecule has 2 rings (SSSR count). The minimum atomic E-state index is -3.39. The minimum Gasteiger partial charge on any atom is -0.383 e. The first-order valence-corrected chi connectivity index (χ1v) is 8.36. The van der Waals surface area contributed by atoms with Crippen LogP contribution in [0.1, 0.15) is 19.8 Å². The highest BCUT2D eigenvalue weighted by atomic mass is 32.2. The van der Waals surface area contributed by atoms with E-state index < -0.39 is 9.84 Å². The van der Waals surface area contributed by atoms with Crippen molar-refractivity contribution in [3.63, 3.8) is 0 Å². The summed E-state index contributed by atoms with van der Waals surface area (Å²) in [6.45, 7) is 4.28. The molecule has 0 spiro atoms. The van der Waals surface area contributed by atoms with Gasteiger partial charge in [-0.15, -0.1) is 0 Å². The van der Waals surface area contributed by atoms with Crippen molar-refractivity contribution >= 4 is 21.5 Å². The summed E-state index contributed by atoms with van der Waals surface area (Å²) in [7, 11) is -3.39. The van der Waals surface area contributed by atoms with Gasteiger partial charge < -0.3 is 16.4 Å². The molecule has 0 unspecified atom stereocenters. The van der Waals surface area contributed by atoms with Crippen molar-refractivity contribution < 1.29 is 8.42 Å². The molecule has 108 valence electrons. The van der Waals surface area contributed by atoms with E-state index in [-0.39, 0.29) is 16.8 Å². The van der Waals surface area contributed by atoms with Gasteiger partial charge in [-0.2, -0.15) is 5.10 Å². The molecule has 1 saturated heterocycles. The summed E-state index contributed by atoms with van der Waals surface area (Å²) < 4.78 is 25.2. The molecule has 1 aromatic heterocycles. The lowest BCUT2D eigenvalue weighted by molar-refractivity contribution is 0.477. The maximum atomic E-state index is 11.9. The first-order chi connectivity index (χ1) is 8.93. The van der Waals surface area contributed by atoms with Crippen molar-refractivity contribution in [3.05, 3.63) is 0 Å². The van der Waals surface area contributed by atoms with Crippen LogP contribution in [0.3, 0.4) is 0 Å². The molecule has 0 atom stereocenters. The summed E-state index contributed by atoms with van der Waals surface area (Å²) in [4.78, 5) is 0.118. The van der Waals surface area contributed by atoms with E-state index in [9.17, 15) is 8.42 Å². The smallest absolute Gasteiger partial charge is 0.182 e. The maximum absolute atomic E-state index is 11.9. The Morgan fingerprint density at radius 1 is 1.47 bits per heavy atom. The summed E-state index contributed by atoms with van der Waals surface area (Å²) in [5.74, 6) is 0.593. The van der Waals surface area contributed by atoms with Gasteiger partial charge in [0.2, 0.25) is 0 Å². The van der Waals surface area contributed by atoms with Crippen LogP contribution in [0.15, 0.2) is 4.90 Å². The summed E-state index contributed by atoms with van der Waals surface area (Å²) in [6, 6.07) is 0.237. The molecule has 1 aromatic rings. The van der Waals surface area contributed by atoms with Crippen LogP contribution < -0.4 is 16.4 Å². The number of hydrogen-bond acceptors (Lipinski definition) is 6. The fourth-order valence-corrected chi connectivity index (χ4v) is 3.26. The predicted octanol–water partition coefficient (Wildman–Crippen LogP) is 0.0526. The Morgan fingerprint density at radius 2 is 2.11 bits per heavy atom. The average Bonchev–Trinajstić information content (AvgIpc) is 2.66. The van der Waals surface area contributed by atoms with Crippen LogP contribution >= 0.6 is 0 Å². The van der Waals surface area contributed by atoms with Gasteiger partial charge in [-0.05, 0) is 32.9 Å². The third kappa shape index (κ3) is 3.01. The number of rotatable bonds is 4. The second-order valence-electron chi connectivity index (χ2n) is 4.82.